The van der Waals surface area contributed by atoms with Crippen LogP contribution < -0.4 is 10.6 Å². The minimum atomic E-state index is -1.13. The van der Waals surface area contributed by atoms with Crippen LogP contribution in [0.15, 0.2) is 48.5 Å². The molecule has 0 aliphatic rings. The molecule has 3 amide bonds. The minimum absolute atomic E-state index is 0.0787. The lowest BCUT2D eigenvalue weighted by Gasteiger charge is -2.13. The van der Waals surface area contributed by atoms with Crippen molar-refractivity contribution in [2.45, 2.75) is 19.4 Å². The quantitative estimate of drug-likeness (QED) is 0.754. The van der Waals surface area contributed by atoms with E-state index in [1.54, 1.807) is 48.5 Å². The van der Waals surface area contributed by atoms with Gasteiger partial charge in [0.05, 0.1) is 16.5 Å². The number of para-hydroxylation sites is 1. The number of carbonyl (C=O) groups excluding carboxylic acids is 3. The number of amides is 3. The average molecular weight is 395 g/mol. The number of urea groups is 1. The third kappa shape index (κ3) is 6.06. The van der Waals surface area contributed by atoms with Crippen LogP contribution in [0.2, 0.25) is 10.0 Å². The normalized spacial score (nSPS) is 11.3. The molecule has 0 bridgehead atoms. The number of ether oxygens (including phenoxy) is 1. The van der Waals surface area contributed by atoms with E-state index in [-0.39, 0.29) is 6.42 Å². The van der Waals surface area contributed by atoms with Gasteiger partial charge < -0.3 is 10.1 Å². The summed E-state index contributed by atoms with van der Waals surface area (Å²) < 4.78 is 5.03. The van der Waals surface area contributed by atoms with Crippen LogP contribution in [0.4, 0.5) is 10.5 Å². The van der Waals surface area contributed by atoms with Crippen LogP contribution in [0.5, 0.6) is 0 Å². The molecule has 1 unspecified atom stereocenters. The first-order valence-electron chi connectivity index (χ1n) is 7.65. The van der Waals surface area contributed by atoms with Crippen LogP contribution in [0.3, 0.4) is 0 Å². The SMILES string of the molecule is CC(OC(=O)Cc1ccc(Cl)c(Cl)c1)C(=O)NC(=O)Nc1ccccc1. The lowest BCUT2D eigenvalue weighted by Crippen LogP contribution is -2.41. The molecule has 1 atom stereocenters. The maximum absolute atomic E-state index is 11.9. The van der Waals surface area contributed by atoms with E-state index >= 15 is 0 Å². The molecule has 0 spiro atoms. The van der Waals surface area contributed by atoms with E-state index in [9.17, 15) is 14.4 Å². The van der Waals surface area contributed by atoms with Gasteiger partial charge in [0.15, 0.2) is 6.10 Å². The molecule has 0 heterocycles. The third-order valence-electron chi connectivity index (χ3n) is 3.28. The van der Waals surface area contributed by atoms with Crippen molar-refractivity contribution in [3.8, 4) is 0 Å². The molecule has 6 nitrogen and oxygen atoms in total. The van der Waals surface area contributed by atoms with E-state index in [0.29, 0.717) is 21.3 Å². The summed E-state index contributed by atoms with van der Waals surface area (Å²) in [6, 6.07) is 12.6. The Labute approximate surface area is 160 Å². The smallest absolute Gasteiger partial charge is 0.325 e. The highest BCUT2D eigenvalue weighted by Gasteiger charge is 2.20. The molecule has 2 rings (SSSR count). The topological polar surface area (TPSA) is 84.5 Å². The zero-order valence-electron chi connectivity index (χ0n) is 13.8. The molecule has 2 aromatic carbocycles. The molecule has 0 fully saturated rings. The largest absolute Gasteiger partial charge is 0.452 e. The van der Waals surface area contributed by atoms with Crippen molar-refractivity contribution >= 4 is 46.8 Å². The molecule has 8 heteroatoms. The van der Waals surface area contributed by atoms with Gasteiger partial charge in [0.25, 0.3) is 5.91 Å². The van der Waals surface area contributed by atoms with E-state index in [1.807, 2.05) is 0 Å². The molecule has 26 heavy (non-hydrogen) atoms. The van der Waals surface area contributed by atoms with Crippen LogP contribution in [0.1, 0.15) is 12.5 Å². The monoisotopic (exact) mass is 394 g/mol. The van der Waals surface area contributed by atoms with Gasteiger partial charge in [0.2, 0.25) is 0 Å². The third-order valence-corrected chi connectivity index (χ3v) is 4.02. The molecule has 0 saturated heterocycles. The molecular weight excluding hydrogens is 379 g/mol. The maximum Gasteiger partial charge on any atom is 0.325 e. The van der Waals surface area contributed by atoms with Crippen molar-refractivity contribution in [2.24, 2.45) is 0 Å². The summed E-state index contributed by atoms with van der Waals surface area (Å²) in [7, 11) is 0. The number of rotatable bonds is 5. The highest BCUT2D eigenvalue weighted by atomic mass is 35.5. The predicted molar refractivity (Wildman–Crippen MR) is 99.3 cm³/mol. The predicted octanol–water partition coefficient (Wildman–Crippen LogP) is 3.82. The second kappa shape index (κ2) is 9.22. The van der Waals surface area contributed by atoms with Gasteiger partial charge in [-0.1, -0.05) is 47.5 Å². The Morgan fingerprint density at radius 1 is 1.04 bits per heavy atom. The van der Waals surface area contributed by atoms with E-state index < -0.39 is 24.0 Å². The Kier molecular flexibility index (Phi) is 7.00. The van der Waals surface area contributed by atoms with E-state index in [2.05, 4.69) is 10.6 Å². The van der Waals surface area contributed by atoms with E-state index in [4.69, 9.17) is 27.9 Å². The number of benzene rings is 2. The number of carbonyl (C=O) groups is 3. The zero-order valence-corrected chi connectivity index (χ0v) is 15.3. The van der Waals surface area contributed by atoms with E-state index in [1.165, 1.54) is 6.92 Å². The second-order valence-corrected chi connectivity index (χ2v) is 6.18. The van der Waals surface area contributed by atoms with Crippen molar-refractivity contribution < 1.29 is 19.1 Å². The highest BCUT2D eigenvalue weighted by Crippen LogP contribution is 2.22. The number of nitrogens with one attached hydrogen (secondary N) is 2. The van der Waals surface area contributed by atoms with Gasteiger partial charge in [0, 0.05) is 5.69 Å². The van der Waals surface area contributed by atoms with Crippen LogP contribution in [-0.4, -0.2) is 24.0 Å². The molecule has 0 aromatic heterocycles. The fourth-order valence-electron chi connectivity index (χ4n) is 2.01. The fraction of sp³-hybridized carbons (Fsp3) is 0.167. The van der Waals surface area contributed by atoms with Crippen molar-refractivity contribution in [1.29, 1.82) is 0 Å². The Bertz CT molecular complexity index is 812. The molecule has 136 valence electrons. The van der Waals surface area contributed by atoms with Crippen LogP contribution in [-0.2, 0) is 20.7 Å². The maximum atomic E-state index is 11.9. The zero-order chi connectivity index (χ0) is 19.1. The van der Waals surface area contributed by atoms with Crippen molar-refractivity contribution in [1.82, 2.24) is 5.32 Å². The first kappa shape index (κ1) is 19.8. The number of hydrogen-bond acceptors (Lipinski definition) is 4. The van der Waals surface area contributed by atoms with Gasteiger partial charge >= 0.3 is 12.0 Å². The summed E-state index contributed by atoms with van der Waals surface area (Å²) in [5.41, 5.74) is 1.13. The van der Waals surface area contributed by atoms with Gasteiger partial charge in [-0.2, -0.15) is 0 Å². The van der Waals surface area contributed by atoms with Crippen LogP contribution in [0, 0.1) is 0 Å². The second-order valence-electron chi connectivity index (χ2n) is 5.37. The molecule has 0 saturated carbocycles. The van der Waals surface area contributed by atoms with Gasteiger partial charge in [-0.15, -0.1) is 0 Å². The van der Waals surface area contributed by atoms with Gasteiger partial charge in [-0.25, -0.2) is 4.79 Å². The number of esters is 1. The van der Waals surface area contributed by atoms with Crippen molar-refractivity contribution in [3.05, 3.63) is 64.1 Å². The number of anilines is 1. The standard InChI is InChI=1S/C18H16Cl2N2O4/c1-11(17(24)22-18(25)21-13-5-3-2-4-6-13)26-16(23)10-12-7-8-14(19)15(20)9-12/h2-9,11H,10H2,1H3,(H2,21,22,24,25). The van der Waals surface area contributed by atoms with Crippen molar-refractivity contribution in [2.75, 3.05) is 5.32 Å². The lowest BCUT2D eigenvalue weighted by atomic mass is 10.1. The fourth-order valence-corrected chi connectivity index (χ4v) is 2.33. The van der Waals surface area contributed by atoms with Gasteiger partial charge in [0.1, 0.15) is 0 Å². The van der Waals surface area contributed by atoms with Crippen molar-refractivity contribution in [3.63, 3.8) is 0 Å². The van der Waals surface area contributed by atoms with Gasteiger partial charge in [-0.05, 0) is 36.8 Å². The average Bonchev–Trinajstić information content (AvgIpc) is 2.58. The molecule has 2 aromatic rings. The minimum Gasteiger partial charge on any atom is -0.452 e. The Morgan fingerprint density at radius 3 is 2.38 bits per heavy atom. The summed E-state index contributed by atoms with van der Waals surface area (Å²) in [5, 5.41) is 5.30. The lowest BCUT2D eigenvalue weighted by molar-refractivity contribution is -0.153. The number of imide groups is 1. The molecule has 0 radical (unpaired) electrons. The molecular formula is C18H16Cl2N2O4. The molecule has 0 aliphatic heterocycles. The van der Waals surface area contributed by atoms with Crippen LogP contribution in [0.25, 0.3) is 0 Å². The number of hydrogen-bond donors (Lipinski definition) is 2. The summed E-state index contributed by atoms with van der Waals surface area (Å²) in [4.78, 5) is 35.6. The number of halogens is 2. The first-order valence-corrected chi connectivity index (χ1v) is 8.41. The Morgan fingerprint density at radius 2 is 1.73 bits per heavy atom. The molecule has 2 N–H and O–H groups in total. The summed E-state index contributed by atoms with van der Waals surface area (Å²) >= 11 is 11.7. The van der Waals surface area contributed by atoms with Crippen LogP contribution >= 0.6 is 23.2 Å². The highest BCUT2D eigenvalue weighted by molar-refractivity contribution is 6.42. The summed E-state index contributed by atoms with van der Waals surface area (Å²) in [6.07, 6.45) is -1.21. The molecule has 0 aliphatic carbocycles. The Balaban J connectivity index is 1.82. The summed E-state index contributed by atoms with van der Waals surface area (Å²) in [6.45, 7) is 1.37. The summed E-state index contributed by atoms with van der Waals surface area (Å²) in [5.74, 6) is -1.37. The van der Waals surface area contributed by atoms with E-state index in [0.717, 1.165) is 0 Å². The van der Waals surface area contributed by atoms with Gasteiger partial charge in [-0.3, -0.25) is 14.9 Å². The first-order chi connectivity index (χ1) is 12.3. The Hall–Kier alpha value is -2.57.